The maximum absolute atomic E-state index is 12.6. The molecule has 0 saturated heterocycles. The third-order valence-corrected chi connectivity index (χ3v) is 6.74. The van der Waals surface area contributed by atoms with Crippen LogP contribution >= 0.6 is 34.7 Å². The van der Waals surface area contributed by atoms with Crippen LogP contribution in [-0.2, 0) is 16.1 Å². The molecule has 180 valence electrons. The quantitative estimate of drug-likeness (QED) is 0.201. The van der Waals surface area contributed by atoms with Gasteiger partial charge in [-0.1, -0.05) is 41.6 Å². The van der Waals surface area contributed by atoms with Crippen LogP contribution in [0.2, 0.25) is 5.02 Å². The highest BCUT2D eigenvalue weighted by Gasteiger charge is 2.22. The van der Waals surface area contributed by atoms with Crippen molar-refractivity contribution in [3.8, 4) is 5.75 Å². The van der Waals surface area contributed by atoms with Gasteiger partial charge in [-0.05, 0) is 39.0 Å². The second-order valence-corrected chi connectivity index (χ2v) is 9.69. The number of para-hydroxylation sites is 1. The molecule has 0 aliphatic carbocycles. The molecule has 1 aromatic carbocycles. The van der Waals surface area contributed by atoms with Gasteiger partial charge in [0.05, 0.1) is 22.9 Å². The second kappa shape index (κ2) is 12.0. The van der Waals surface area contributed by atoms with Crippen molar-refractivity contribution in [1.29, 1.82) is 0 Å². The zero-order chi connectivity index (χ0) is 24.7. The van der Waals surface area contributed by atoms with Gasteiger partial charge in [0.25, 0.3) is 0 Å². The number of aromatic nitrogens is 3. The van der Waals surface area contributed by atoms with Crippen molar-refractivity contribution >= 4 is 51.6 Å². The number of anilines is 1. The molecule has 0 spiro atoms. The van der Waals surface area contributed by atoms with Gasteiger partial charge in [0.1, 0.15) is 10.8 Å². The Hall–Kier alpha value is -2.82. The minimum atomic E-state index is -0.460. The summed E-state index contributed by atoms with van der Waals surface area (Å²) in [5, 5.41) is 12.8. The number of carbonyl (C=O) groups excluding carboxylic acids is 2. The van der Waals surface area contributed by atoms with Crippen LogP contribution in [0.5, 0.6) is 5.75 Å². The summed E-state index contributed by atoms with van der Waals surface area (Å²) >= 11 is 8.76. The Morgan fingerprint density at radius 3 is 2.82 bits per heavy atom. The Labute approximate surface area is 211 Å². The lowest BCUT2D eigenvalue weighted by molar-refractivity contribution is -0.113. The van der Waals surface area contributed by atoms with E-state index in [0.717, 1.165) is 4.88 Å². The van der Waals surface area contributed by atoms with Crippen LogP contribution < -0.4 is 10.1 Å². The van der Waals surface area contributed by atoms with Gasteiger partial charge in [0, 0.05) is 11.4 Å². The van der Waals surface area contributed by atoms with E-state index in [-0.39, 0.29) is 18.3 Å². The summed E-state index contributed by atoms with van der Waals surface area (Å²) in [7, 11) is 0. The molecule has 0 aliphatic rings. The van der Waals surface area contributed by atoms with E-state index in [2.05, 4.69) is 22.1 Å². The number of benzene rings is 1. The first-order chi connectivity index (χ1) is 16.3. The largest absolute Gasteiger partial charge is 0.481 e. The van der Waals surface area contributed by atoms with Gasteiger partial charge in [-0.15, -0.1) is 28.1 Å². The molecule has 2 heterocycles. The molecule has 8 nitrogen and oxygen atoms in total. The first-order valence-electron chi connectivity index (χ1n) is 10.5. The van der Waals surface area contributed by atoms with Crippen LogP contribution in [0.4, 0.5) is 5.00 Å². The Kier molecular flexibility index (Phi) is 9.14. The van der Waals surface area contributed by atoms with Crippen molar-refractivity contribution in [2.45, 2.75) is 38.6 Å². The average molecular weight is 521 g/mol. The summed E-state index contributed by atoms with van der Waals surface area (Å²) in [5.41, 5.74) is 0.352. The molecule has 1 N–H and O–H groups in total. The van der Waals surface area contributed by atoms with Crippen LogP contribution in [0.25, 0.3) is 0 Å². The SMILES string of the molecule is C=CCn1c(SCC(=O)Nc2sc(C)cc2C(=O)OCC)nnc1C(C)Oc1ccccc1Cl. The minimum absolute atomic E-state index is 0.0776. The number of esters is 1. The fraction of sp³-hybridized carbons (Fsp3) is 0.304. The van der Waals surface area contributed by atoms with Gasteiger partial charge in [-0.3, -0.25) is 9.36 Å². The molecule has 3 aromatic rings. The smallest absolute Gasteiger partial charge is 0.341 e. The number of hydrogen-bond donors (Lipinski definition) is 1. The zero-order valence-electron chi connectivity index (χ0n) is 19.0. The van der Waals surface area contributed by atoms with E-state index in [0.29, 0.717) is 38.9 Å². The Morgan fingerprint density at radius 2 is 2.12 bits per heavy atom. The first kappa shape index (κ1) is 25.8. The van der Waals surface area contributed by atoms with E-state index < -0.39 is 12.1 Å². The van der Waals surface area contributed by atoms with Crippen molar-refractivity contribution in [2.75, 3.05) is 17.7 Å². The molecule has 1 unspecified atom stereocenters. The third-order valence-electron chi connectivity index (χ3n) is 4.50. The standard InChI is InChI=1S/C23H25ClN4O4S2/c1-5-11-28-20(15(4)32-18-10-8-7-9-17(18)24)26-27-23(28)33-13-19(29)25-21-16(12-14(3)34-21)22(30)31-6-2/h5,7-10,12,15H,1,6,11,13H2,2-4H3,(H,25,29). The molecule has 2 aromatic heterocycles. The van der Waals surface area contributed by atoms with E-state index >= 15 is 0 Å². The zero-order valence-corrected chi connectivity index (χ0v) is 21.4. The van der Waals surface area contributed by atoms with Gasteiger partial charge in [0.2, 0.25) is 5.91 Å². The van der Waals surface area contributed by atoms with Crippen LogP contribution in [0.3, 0.4) is 0 Å². The number of thioether (sulfide) groups is 1. The number of halogens is 1. The predicted octanol–water partition coefficient (Wildman–Crippen LogP) is 5.53. The summed E-state index contributed by atoms with van der Waals surface area (Å²) in [6.45, 7) is 9.96. The van der Waals surface area contributed by atoms with Crippen LogP contribution in [0.1, 0.15) is 41.0 Å². The number of aryl methyl sites for hydroxylation is 1. The molecule has 1 amide bonds. The Balaban J connectivity index is 1.69. The number of hydrogen-bond acceptors (Lipinski definition) is 8. The number of amides is 1. The molecule has 0 fully saturated rings. The van der Waals surface area contributed by atoms with Crippen molar-refractivity contribution in [3.05, 3.63) is 64.3 Å². The summed E-state index contributed by atoms with van der Waals surface area (Å²) in [6, 6.07) is 8.90. The second-order valence-electron chi connectivity index (χ2n) is 7.09. The van der Waals surface area contributed by atoms with Crippen molar-refractivity contribution < 1.29 is 19.1 Å². The topological polar surface area (TPSA) is 95.3 Å². The van der Waals surface area contributed by atoms with E-state index in [4.69, 9.17) is 21.1 Å². The lowest BCUT2D eigenvalue weighted by atomic mass is 10.3. The lowest BCUT2D eigenvalue weighted by Gasteiger charge is -2.16. The molecule has 0 aliphatic heterocycles. The minimum Gasteiger partial charge on any atom is -0.481 e. The number of nitrogens with one attached hydrogen (secondary N) is 1. The molecule has 1 atom stereocenters. The van der Waals surface area contributed by atoms with E-state index in [1.165, 1.54) is 23.1 Å². The molecule has 0 bridgehead atoms. The highest BCUT2D eigenvalue weighted by molar-refractivity contribution is 7.99. The fourth-order valence-corrected chi connectivity index (χ4v) is 4.90. The number of allylic oxidation sites excluding steroid dienone is 1. The summed E-state index contributed by atoms with van der Waals surface area (Å²) in [6.07, 6.45) is 1.29. The summed E-state index contributed by atoms with van der Waals surface area (Å²) in [5.74, 6) is 0.474. The van der Waals surface area contributed by atoms with E-state index in [1.807, 2.05) is 30.5 Å². The molecule has 34 heavy (non-hydrogen) atoms. The monoisotopic (exact) mass is 520 g/mol. The average Bonchev–Trinajstić information content (AvgIpc) is 3.37. The van der Waals surface area contributed by atoms with Crippen molar-refractivity contribution in [3.63, 3.8) is 0 Å². The summed E-state index contributed by atoms with van der Waals surface area (Å²) in [4.78, 5) is 25.7. The highest BCUT2D eigenvalue weighted by atomic mass is 35.5. The number of thiophene rings is 1. The predicted molar refractivity (Wildman–Crippen MR) is 135 cm³/mol. The van der Waals surface area contributed by atoms with Gasteiger partial charge >= 0.3 is 5.97 Å². The molecular formula is C23H25ClN4O4S2. The number of carbonyl (C=O) groups is 2. The first-order valence-corrected chi connectivity index (χ1v) is 12.7. The van der Waals surface area contributed by atoms with Gasteiger partial charge in [0.15, 0.2) is 17.1 Å². The van der Waals surface area contributed by atoms with Gasteiger partial charge in [-0.25, -0.2) is 4.79 Å². The van der Waals surface area contributed by atoms with E-state index in [1.54, 1.807) is 31.2 Å². The van der Waals surface area contributed by atoms with Gasteiger partial charge < -0.3 is 14.8 Å². The number of nitrogens with zero attached hydrogens (tertiary/aromatic N) is 3. The van der Waals surface area contributed by atoms with Crippen molar-refractivity contribution in [1.82, 2.24) is 14.8 Å². The molecule has 0 saturated carbocycles. The highest BCUT2D eigenvalue weighted by Crippen LogP contribution is 2.31. The van der Waals surface area contributed by atoms with E-state index in [9.17, 15) is 9.59 Å². The Bertz CT molecular complexity index is 1180. The fourth-order valence-electron chi connectivity index (χ4n) is 3.05. The molecule has 11 heteroatoms. The molecular weight excluding hydrogens is 496 g/mol. The maximum atomic E-state index is 12.6. The number of rotatable bonds is 11. The Morgan fingerprint density at radius 1 is 1.35 bits per heavy atom. The molecule has 0 radical (unpaired) electrons. The maximum Gasteiger partial charge on any atom is 0.341 e. The van der Waals surface area contributed by atoms with Crippen LogP contribution in [-0.4, -0.2) is 39.0 Å². The molecule has 3 rings (SSSR count). The van der Waals surface area contributed by atoms with Crippen LogP contribution in [0.15, 0.2) is 48.1 Å². The normalized spacial score (nSPS) is 11.6. The summed E-state index contributed by atoms with van der Waals surface area (Å²) < 4.78 is 12.9. The van der Waals surface area contributed by atoms with Gasteiger partial charge in [-0.2, -0.15) is 0 Å². The van der Waals surface area contributed by atoms with Crippen molar-refractivity contribution in [2.24, 2.45) is 0 Å². The van der Waals surface area contributed by atoms with Crippen LogP contribution in [0, 0.1) is 6.92 Å². The number of ether oxygens (including phenoxy) is 2. The third kappa shape index (κ3) is 6.40. The lowest BCUT2D eigenvalue weighted by Crippen LogP contribution is -2.17.